The molecule has 2 heterocycles. The highest BCUT2D eigenvalue weighted by Gasteiger charge is 2.31. The molecule has 2 aliphatic rings. The van der Waals surface area contributed by atoms with E-state index < -0.39 is 11.2 Å². The lowest BCUT2D eigenvalue weighted by Crippen LogP contribution is -2.44. The van der Waals surface area contributed by atoms with Crippen LogP contribution in [0.15, 0.2) is 9.59 Å². The van der Waals surface area contributed by atoms with E-state index >= 15 is 4.39 Å². The summed E-state index contributed by atoms with van der Waals surface area (Å²) in [7, 11) is 0. The number of hydrogen-bond donors (Lipinski definition) is 2. The van der Waals surface area contributed by atoms with Crippen molar-refractivity contribution in [1.29, 1.82) is 0 Å². The van der Waals surface area contributed by atoms with Crippen molar-refractivity contribution in [2.45, 2.75) is 32.7 Å². The zero-order chi connectivity index (χ0) is 17.0. The Hall–Kier alpha value is -2.15. The molecular formula is C17H21FN4O2. The molecule has 6 nitrogen and oxygen atoms in total. The third-order valence-electron chi connectivity index (χ3n) is 5.11. The van der Waals surface area contributed by atoms with Crippen molar-refractivity contribution in [2.75, 3.05) is 31.1 Å². The number of benzene rings is 1. The lowest BCUT2D eigenvalue weighted by atomic mass is 10.0. The van der Waals surface area contributed by atoms with E-state index in [-0.39, 0.29) is 11.9 Å². The first-order valence-corrected chi connectivity index (χ1v) is 8.43. The fraction of sp³-hybridized carbons (Fsp3) is 0.529. The number of nitrogens with zero attached hydrogens (tertiary/aromatic N) is 2. The summed E-state index contributed by atoms with van der Waals surface area (Å²) in [6.45, 7) is 6.44. The summed E-state index contributed by atoms with van der Waals surface area (Å²) in [6.07, 6.45) is 1.83. The van der Waals surface area contributed by atoms with Crippen LogP contribution in [-0.2, 0) is 0 Å². The zero-order valence-corrected chi connectivity index (χ0v) is 13.9. The molecule has 0 amide bonds. The van der Waals surface area contributed by atoms with Gasteiger partial charge in [-0.05, 0) is 26.7 Å². The van der Waals surface area contributed by atoms with E-state index in [0.717, 1.165) is 25.9 Å². The van der Waals surface area contributed by atoms with E-state index in [1.807, 2.05) is 11.8 Å². The molecular weight excluding hydrogens is 311 g/mol. The number of fused-ring (bicyclic) bond motifs is 1. The molecule has 0 atom stereocenters. The molecule has 0 radical (unpaired) electrons. The van der Waals surface area contributed by atoms with E-state index in [2.05, 4.69) is 10.3 Å². The van der Waals surface area contributed by atoms with Gasteiger partial charge in [-0.15, -0.1) is 0 Å². The van der Waals surface area contributed by atoms with Crippen LogP contribution < -0.4 is 21.5 Å². The van der Waals surface area contributed by atoms with Crippen LogP contribution >= 0.6 is 0 Å². The van der Waals surface area contributed by atoms with Crippen LogP contribution in [0.4, 0.5) is 10.1 Å². The number of halogens is 1. The minimum atomic E-state index is -0.502. The molecule has 2 N–H and O–H groups in total. The molecule has 2 aromatic rings. The molecule has 1 aromatic heterocycles. The van der Waals surface area contributed by atoms with Gasteiger partial charge in [0.05, 0.1) is 16.6 Å². The molecule has 7 heteroatoms. The second-order valence-electron chi connectivity index (χ2n) is 6.73. The molecule has 24 heavy (non-hydrogen) atoms. The Balaban J connectivity index is 2.10. The molecule has 0 spiro atoms. The van der Waals surface area contributed by atoms with Crippen molar-refractivity contribution in [3.63, 3.8) is 0 Å². The number of piperazine rings is 1. The number of aromatic amines is 1. The van der Waals surface area contributed by atoms with Crippen LogP contribution in [0.5, 0.6) is 0 Å². The number of H-pyrrole nitrogens is 1. The van der Waals surface area contributed by atoms with Crippen LogP contribution in [0.25, 0.3) is 10.9 Å². The van der Waals surface area contributed by atoms with Crippen LogP contribution in [-0.4, -0.2) is 35.7 Å². The van der Waals surface area contributed by atoms with E-state index in [1.165, 1.54) is 0 Å². The van der Waals surface area contributed by atoms with E-state index in [9.17, 15) is 9.59 Å². The van der Waals surface area contributed by atoms with Crippen molar-refractivity contribution in [3.05, 3.63) is 37.8 Å². The van der Waals surface area contributed by atoms with Gasteiger partial charge in [0.15, 0.2) is 5.82 Å². The lowest BCUT2D eigenvalue weighted by molar-refractivity contribution is 0.562. The van der Waals surface area contributed by atoms with Crippen molar-refractivity contribution < 1.29 is 4.39 Å². The summed E-state index contributed by atoms with van der Waals surface area (Å²) >= 11 is 0. The van der Waals surface area contributed by atoms with Crippen LogP contribution in [0.1, 0.15) is 30.0 Å². The number of aromatic nitrogens is 2. The fourth-order valence-electron chi connectivity index (χ4n) is 3.78. The second kappa shape index (κ2) is 5.44. The molecule has 128 valence electrons. The van der Waals surface area contributed by atoms with Gasteiger partial charge in [0, 0.05) is 43.3 Å². The van der Waals surface area contributed by atoms with Gasteiger partial charge in [0.2, 0.25) is 0 Å². The van der Waals surface area contributed by atoms with Gasteiger partial charge >= 0.3 is 5.69 Å². The quantitative estimate of drug-likeness (QED) is 0.867. The number of aryl methyl sites for hydroxylation is 2. The van der Waals surface area contributed by atoms with Gasteiger partial charge in [0.25, 0.3) is 5.56 Å². The van der Waals surface area contributed by atoms with Gasteiger partial charge in [-0.3, -0.25) is 14.3 Å². The second-order valence-corrected chi connectivity index (χ2v) is 6.73. The van der Waals surface area contributed by atoms with E-state index in [1.54, 1.807) is 11.5 Å². The number of rotatable bonds is 2. The highest BCUT2D eigenvalue weighted by Crippen LogP contribution is 2.39. The highest BCUT2D eigenvalue weighted by molar-refractivity contribution is 5.90. The zero-order valence-electron chi connectivity index (χ0n) is 13.9. The monoisotopic (exact) mass is 332 g/mol. The minimum Gasteiger partial charge on any atom is -0.366 e. The highest BCUT2D eigenvalue weighted by atomic mass is 19.1. The predicted octanol–water partition coefficient (Wildman–Crippen LogP) is 1.19. The standard InChI is InChI=1S/C17H21FN4O2/c1-9-12-14(22(11-3-4-11)17(24)20-16(12)23)10(2)15(13(9)18)21-7-5-19-6-8-21/h11,19H,3-8H2,1-2H3,(H,20,23,24). The van der Waals surface area contributed by atoms with E-state index in [0.29, 0.717) is 40.8 Å². The number of hydrogen-bond acceptors (Lipinski definition) is 4. The number of anilines is 1. The SMILES string of the molecule is Cc1c(F)c(N2CCNCC2)c(C)c2c1c(=O)[nH]c(=O)n2C1CC1. The molecule has 1 saturated carbocycles. The molecule has 0 bridgehead atoms. The summed E-state index contributed by atoms with van der Waals surface area (Å²) in [5.41, 5.74) is 1.23. The minimum absolute atomic E-state index is 0.108. The first-order chi connectivity index (χ1) is 11.5. The van der Waals surface area contributed by atoms with Gasteiger partial charge < -0.3 is 10.2 Å². The maximum absolute atomic E-state index is 15.1. The Labute approximate surface area is 138 Å². The predicted molar refractivity (Wildman–Crippen MR) is 91.6 cm³/mol. The largest absolute Gasteiger partial charge is 0.366 e. The molecule has 1 saturated heterocycles. The topological polar surface area (TPSA) is 70.1 Å². The first kappa shape index (κ1) is 15.4. The average Bonchev–Trinajstić information content (AvgIpc) is 3.38. The van der Waals surface area contributed by atoms with Crippen molar-refractivity contribution in [1.82, 2.24) is 14.9 Å². The summed E-state index contributed by atoms with van der Waals surface area (Å²) in [6, 6.07) is 0.108. The molecule has 2 fully saturated rings. The summed E-state index contributed by atoms with van der Waals surface area (Å²) in [5, 5.41) is 3.56. The fourth-order valence-corrected chi connectivity index (χ4v) is 3.78. The maximum atomic E-state index is 15.1. The third-order valence-corrected chi connectivity index (χ3v) is 5.11. The Morgan fingerprint density at radius 2 is 1.75 bits per heavy atom. The van der Waals surface area contributed by atoms with Crippen molar-refractivity contribution in [3.8, 4) is 0 Å². The van der Waals surface area contributed by atoms with E-state index in [4.69, 9.17) is 0 Å². The molecule has 1 aliphatic heterocycles. The van der Waals surface area contributed by atoms with Gasteiger partial charge in [-0.25, -0.2) is 9.18 Å². The normalized spacial score (nSPS) is 18.4. The van der Waals surface area contributed by atoms with Crippen molar-refractivity contribution >= 4 is 16.6 Å². The maximum Gasteiger partial charge on any atom is 0.329 e. The third kappa shape index (κ3) is 2.18. The van der Waals surface area contributed by atoms with Gasteiger partial charge in [0.1, 0.15) is 0 Å². The Bertz CT molecular complexity index is 936. The smallest absolute Gasteiger partial charge is 0.329 e. The average molecular weight is 332 g/mol. The Kier molecular flexibility index (Phi) is 3.49. The summed E-state index contributed by atoms with van der Waals surface area (Å²) < 4.78 is 16.8. The Morgan fingerprint density at radius 3 is 2.38 bits per heavy atom. The molecule has 0 unspecified atom stereocenters. The Morgan fingerprint density at radius 1 is 1.08 bits per heavy atom. The van der Waals surface area contributed by atoms with Crippen LogP contribution in [0.2, 0.25) is 0 Å². The number of nitrogens with one attached hydrogen (secondary N) is 2. The first-order valence-electron chi connectivity index (χ1n) is 8.43. The molecule has 1 aromatic carbocycles. The molecule has 4 rings (SSSR count). The van der Waals surface area contributed by atoms with Crippen LogP contribution in [0.3, 0.4) is 0 Å². The molecule has 1 aliphatic carbocycles. The van der Waals surface area contributed by atoms with Crippen molar-refractivity contribution in [2.24, 2.45) is 0 Å². The summed E-state index contributed by atoms with van der Waals surface area (Å²) in [5.74, 6) is -0.353. The van der Waals surface area contributed by atoms with Crippen LogP contribution in [0, 0.1) is 19.7 Å². The summed E-state index contributed by atoms with van der Waals surface area (Å²) in [4.78, 5) is 29.1. The lowest BCUT2D eigenvalue weighted by Gasteiger charge is -2.32. The van der Waals surface area contributed by atoms with Gasteiger partial charge in [-0.2, -0.15) is 0 Å². The van der Waals surface area contributed by atoms with Gasteiger partial charge in [-0.1, -0.05) is 0 Å².